The van der Waals surface area contributed by atoms with Crippen LogP contribution in [0, 0.1) is 36.5 Å². The highest BCUT2D eigenvalue weighted by Gasteiger charge is 2.18. The Morgan fingerprint density at radius 2 is 1.53 bits per heavy atom. The summed E-state index contributed by atoms with van der Waals surface area (Å²) < 4.78 is 39.0. The molecule has 280 valence electrons. The van der Waals surface area contributed by atoms with Gasteiger partial charge in [0.05, 0.1) is 95.9 Å². The zero-order valence-electron chi connectivity index (χ0n) is 30.4. The van der Waals surface area contributed by atoms with E-state index in [9.17, 15) is 20.1 Å². The highest BCUT2D eigenvalue weighted by atomic mass is 32.1. The molecular formula is C36H51N5O9S. The summed E-state index contributed by atoms with van der Waals surface area (Å²) in [7, 11) is 0. The molecule has 15 heteroatoms. The number of aldehydes is 1. The second-order valence-electron chi connectivity index (χ2n) is 11.4. The van der Waals surface area contributed by atoms with E-state index in [-0.39, 0.29) is 38.3 Å². The second kappa shape index (κ2) is 26.0. The average molecular weight is 730 g/mol. The lowest BCUT2D eigenvalue weighted by Gasteiger charge is -2.29. The van der Waals surface area contributed by atoms with Gasteiger partial charge in [-0.2, -0.15) is 10.5 Å². The summed E-state index contributed by atoms with van der Waals surface area (Å²) in [6, 6.07) is 10.2. The van der Waals surface area contributed by atoms with Crippen LogP contribution in [-0.2, 0) is 42.7 Å². The van der Waals surface area contributed by atoms with E-state index in [1.54, 1.807) is 6.92 Å². The number of carbonyl (C=O) groups is 2. The molecule has 2 rings (SSSR count). The van der Waals surface area contributed by atoms with Crippen molar-refractivity contribution >= 4 is 40.0 Å². The summed E-state index contributed by atoms with van der Waals surface area (Å²) in [6.45, 7) is 15.3. The molecule has 2 aromatic rings. The zero-order chi connectivity index (χ0) is 37.3. The number of aryl methyl sites for hydroxylation is 1. The molecule has 0 aliphatic carbocycles. The van der Waals surface area contributed by atoms with Crippen molar-refractivity contribution in [1.29, 1.82) is 10.5 Å². The monoisotopic (exact) mass is 729 g/mol. The van der Waals surface area contributed by atoms with Gasteiger partial charge in [0.2, 0.25) is 0 Å². The van der Waals surface area contributed by atoms with Crippen molar-refractivity contribution in [2.75, 3.05) is 90.7 Å². The van der Waals surface area contributed by atoms with Crippen molar-refractivity contribution in [2.24, 2.45) is 10.2 Å². The first-order valence-corrected chi connectivity index (χ1v) is 17.9. The van der Waals surface area contributed by atoms with Crippen LogP contribution in [0.4, 0.5) is 16.4 Å². The molecule has 0 amide bonds. The summed E-state index contributed by atoms with van der Waals surface area (Å²) in [4.78, 5) is 24.2. The summed E-state index contributed by atoms with van der Waals surface area (Å²) >= 11 is 1.16. The number of hydrogen-bond donors (Lipinski definition) is 0. The number of thiophene rings is 1. The number of benzene rings is 1. The normalized spacial score (nSPS) is 11.8. The van der Waals surface area contributed by atoms with Gasteiger partial charge in [-0.15, -0.1) is 21.6 Å². The van der Waals surface area contributed by atoms with E-state index in [4.69, 9.17) is 33.2 Å². The van der Waals surface area contributed by atoms with Gasteiger partial charge in [0.25, 0.3) is 0 Å². The van der Waals surface area contributed by atoms with Gasteiger partial charge >= 0.3 is 5.97 Å². The predicted octanol–water partition coefficient (Wildman–Crippen LogP) is 5.75. The molecule has 1 aromatic heterocycles. The highest BCUT2D eigenvalue weighted by molar-refractivity contribution is 7.16. The summed E-state index contributed by atoms with van der Waals surface area (Å²) in [5, 5.41) is 27.9. The number of carbonyl (C=O) groups excluding carboxylic acids is 2. The van der Waals surface area contributed by atoms with Crippen molar-refractivity contribution in [3.05, 3.63) is 39.8 Å². The summed E-state index contributed by atoms with van der Waals surface area (Å²) in [5.41, 5.74) is 3.63. The highest BCUT2D eigenvalue weighted by Crippen LogP contribution is 2.36. The molecule has 51 heavy (non-hydrogen) atoms. The lowest BCUT2D eigenvalue weighted by Crippen LogP contribution is -2.38. The standard InChI is InChI=1S/C36H51N5O9S/c1-6-41(30-9-10-33(28(4)22-30)39-40-36-32(23-37)29(5)34(24-38)51-36)25-31(26-50-27(2)3)48-20-18-46-16-14-44-12-13-45-15-17-47-19-21-49-35(43)8-7-11-42/h9-11,22,27,31H,6-8,12-21,25-26H2,1-5H3/b40-39+. The minimum absolute atomic E-state index is 0.0676. The molecule has 1 unspecified atom stereocenters. The molecule has 0 saturated heterocycles. The number of esters is 1. The van der Waals surface area contributed by atoms with E-state index in [0.29, 0.717) is 99.0 Å². The van der Waals surface area contributed by atoms with Gasteiger partial charge in [-0.05, 0) is 63.9 Å². The van der Waals surface area contributed by atoms with Gasteiger partial charge < -0.3 is 42.9 Å². The van der Waals surface area contributed by atoms with Gasteiger partial charge in [0.1, 0.15) is 29.9 Å². The number of azo groups is 1. The SMILES string of the molecule is CCN(CC(COC(C)C)OCCOCCOCCOCCOCCOC(=O)CCC=O)c1ccc(/N=N/c2sc(C#N)c(C)c2C#N)c(C)c1. The van der Waals surface area contributed by atoms with E-state index >= 15 is 0 Å². The summed E-state index contributed by atoms with van der Waals surface area (Å²) in [6.07, 6.45) is 0.818. The lowest BCUT2D eigenvalue weighted by molar-refractivity contribution is -0.145. The van der Waals surface area contributed by atoms with E-state index in [2.05, 4.69) is 34.2 Å². The van der Waals surface area contributed by atoms with Crippen molar-refractivity contribution < 1.29 is 42.7 Å². The number of likely N-dealkylation sites (N-methyl/N-ethyl adjacent to an activating group) is 1. The number of nitriles is 2. The molecule has 0 fully saturated rings. The molecule has 0 N–H and O–H groups in total. The van der Waals surface area contributed by atoms with Crippen LogP contribution in [0.3, 0.4) is 0 Å². The van der Waals surface area contributed by atoms with Crippen molar-refractivity contribution in [3.8, 4) is 12.1 Å². The third-order valence-electron chi connectivity index (χ3n) is 7.21. The van der Waals surface area contributed by atoms with Crippen molar-refractivity contribution in [3.63, 3.8) is 0 Å². The lowest BCUT2D eigenvalue weighted by atomic mass is 10.1. The van der Waals surface area contributed by atoms with Crippen LogP contribution in [0.25, 0.3) is 0 Å². The minimum atomic E-state index is -0.410. The molecule has 0 saturated carbocycles. The molecule has 1 heterocycles. The Morgan fingerprint density at radius 1 is 0.902 bits per heavy atom. The Morgan fingerprint density at radius 3 is 2.08 bits per heavy atom. The van der Waals surface area contributed by atoms with Crippen molar-refractivity contribution in [1.82, 2.24) is 0 Å². The maximum atomic E-state index is 11.3. The maximum absolute atomic E-state index is 11.3. The number of ether oxygens (including phenoxy) is 7. The molecular weight excluding hydrogens is 678 g/mol. The number of hydrogen-bond acceptors (Lipinski definition) is 15. The first kappa shape index (κ1) is 43.4. The van der Waals surface area contributed by atoms with Crippen LogP contribution >= 0.6 is 11.3 Å². The maximum Gasteiger partial charge on any atom is 0.306 e. The van der Waals surface area contributed by atoms with Gasteiger partial charge in [-0.25, -0.2) is 0 Å². The Hall–Kier alpha value is -3.80. The molecule has 1 atom stereocenters. The topological polar surface area (TPSA) is 174 Å². The number of nitrogens with zero attached hydrogens (tertiary/aromatic N) is 5. The van der Waals surface area contributed by atoms with Gasteiger partial charge in [0.15, 0.2) is 5.00 Å². The molecule has 0 bridgehead atoms. The quantitative estimate of drug-likeness (QED) is 0.0450. The minimum Gasteiger partial charge on any atom is -0.463 e. The fourth-order valence-electron chi connectivity index (χ4n) is 4.47. The van der Waals surface area contributed by atoms with Gasteiger partial charge in [-0.3, -0.25) is 4.79 Å². The number of anilines is 1. The van der Waals surface area contributed by atoms with Crippen LogP contribution in [0.15, 0.2) is 28.4 Å². The average Bonchev–Trinajstić information content (AvgIpc) is 3.44. The fraction of sp³-hybridized carbons (Fsp3) is 0.611. The number of rotatable bonds is 28. The van der Waals surface area contributed by atoms with Crippen molar-refractivity contribution in [2.45, 2.75) is 59.7 Å². The van der Waals surface area contributed by atoms with Crippen LogP contribution in [-0.4, -0.2) is 110 Å². The molecule has 0 spiro atoms. The molecule has 0 aliphatic heterocycles. The molecule has 1 aromatic carbocycles. The van der Waals surface area contributed by atoms with Gasteiger partial charge in [0, 0.05) is 25.2 Å². The zero-order valence-corrected chi connectivity index (χ0v) is 31.2. The van der Waals surface area contributed by atoms with Gasteiger partial charge in [-0.1, -0.05) is 0 Å². The van der Waals surface area contributed by atoms with Crippen LogP contribution in [0.2, 0.25) is 0 Å². The largest absolute Gasteiger partial charge is 0.463 e. The van der Waals surface area contributed by atoms with Crippen LogP contribution in [0.1, 0.15) is 55.2 Å². The fourth-order valence-corrected chi connectivity index (χ4v) is 5.35. The van der Waals surface area contributed by atoms with Crippen LogP contribution in [0.5, 0.6) is 0 Å². The summed E-state index contributed by atoms with van der Waals surface area (Å²) in [5.74, 6) is -0.410. The Labute approximate surface area is 305 Å². The smallest absolute Gasteiger partial charge is 0.306 e. The van der Waals surface area contributed by atoms with E-state index in [0.717, 1.165) is 29.1 Å². The first-order valence-electron chi connectivity index (χ1n) is 17.1. The van der Waals surface area contributed by atoms with Crippen LogP contribution < -0.4 is 4.90 Å². The third kappa shape index (κ3) is 17.3. The predicted molar refractivity (Wildman–Crippen MR) is 192 cm³/mol. The Bertz CT molecular complexity index is 1440. The first-order chi connectivity index (χ1) is 24.7. The Balaban J connectivity index is 1.70. The Kier molecular flexibility index (Phi) is 22.1. The van der Waals surface area contributed by atoms with E-state index < -0.39 is 5.97 Å². The third-order valence-corrected chi connectivity index (χ3v) is 8.29. The molecule has 0 aliphatic rings. The van der Waals surface area contributed by atoms with E-state index in [1.165, 1.54) is 0 Å². The van der Waals surface area contributed by atoms with E-state index in [1.807, 2.05) is 39.0 Å². The molecule has 14 nitrogen and oxygen atoms in total. The second-order valence-corrected chi connectivity index (χ2v) is 12.4. The molecule has 0 radical (unpaired) electrons.